The third-order valence-electron chi connectivity index (χ3n) is 3.03. The van der Waals surface area contributed by atoms with E-state index in [0.717, 1.165) is 24.0 Å². The first kappa shape index (κ1) is 12.1. The lowest BCUT2D eigenvalue weighted by atomic mass is 9.89. The average molecular weight is 230 g/mol. The summed E-state index contributed by atoms with van der Waals surface area (Å²) in [7, 11) is 0. The Morgan fingerprint density at radius 1 is 1.35 bits per heavy atom. The van der Waals surface area contributed by atoms with Crippen molar-refractivity contribution >= 4 is 11.9 Å². The van der Waals surface area contributed by atoms with Crippen LogP contribution in [-0.2, 0) is 9.53 Å². The van der Waals surface area contributed by atoms with Gasteiger partial charge in [0.15, 0.2) is 5.78 Å². The van der Waals surface area contributed by atoms with Crippen molar-refractivity contribution in [3.8, 4) is 0 Å². The van der Waals surface area contributed by atoms with Crippen LogP contribution >= 0.6 is 0 Å². The van der Waals surface area contributed by atoms with Gasteiger partial charge in [-0.2, -0.15) is 0 Å². The molecule has 90 valence electrons. The first-order valence-electron chi connectivity index (χ1n) is 6.22. The second kappa shape index (κ2) is 5.78. The molecule has 0 heterocycles. The second-order valence-corrected chi connectivity index (χ2v) is 4.27. The van der Waals surface area contributed by atoms with Gasteiger partial charge >= 0.3 is 0 Å². The van der Waals surface area contributed by atoms with Gasteiger partial charge in [-0.15, -0.1) is 0 Å². The SMILES string of the molecule is CCOC1CCCC(=O)C1=Cc1ccccc1. The second-order valence-electron chi connectivity index (χ2n) is 4.27. The minimum atomic E-state index is -0.0125. The zero-order chi connectivity index (χ0) is 12.1. The smallest absolute Gasteiger partial charge is 0.161 e. The van der Waals surface area contributed by atoms with Crippen LogP contribution in [0.25, 0.3) is 6.08 Å². The highest BCUT2D eigenvalue weighted by molar-refractivity contribution is 6.01. The number of hydrogen-bond acceptors (Lipinski definition) is 2. The van der Waals surface area contributed by atoms with Crippen molar-refractivity contribution in [2.75, 3.05) is 6.61 Å². The monoisotopic (exact) mass is 230 g/mol. The van der Waals surface area contributed by atoms with E-state index in [9.17, 15) is 4.79 Å². The summed E-state index contributed by atoms with van der Waals surface area (Å²) in [5.41, 5.74) is 1.91. The van der Waals surface area contributed by atoms with Crippen LogP contribution in [0.3, 0.4) is 0 Å². The van der Waals surface area contributed by atoms with E-state index in [4.69, 9.17) is 4.74 Å². The van der Waals surface area contributed by atoms with Crippen LogP contribution in [0, 0.1) is 0 Å². The Kier molecular flexibility index (Phi) is 4.10. The molecule has 2 rings (SSSR count). The van der Waals surface area contributed by atoms with Crippen molar-refractivity contribution in [1.29, 1.82) is 0 Å². The summed E-state index contributed by atoms with van der Waals surface area (Å²) in [6.45, 7) is 2.63. The zero-order valence-corrected chi connectivity index (χ0v) is 10.2. The number of carbonyl (C=O) groups excluding carboxylic acids is 1. The Bertz CT molecular complexity index is 404. The third-order valence-corrected chi connectivity index (χ3v) is 3.03. The highest BCUT2D eigenvalue weighted by Gasteiger charge is 2.25. The summed E-state index contributed by atoms with van der Waals surface area (Å²) in [6, 6.07) is 9.96. The largest absolute Gasteiger partial charge is 0.374 e. The number of ether oxygens (including phenoxy) is 1. The van der Waals surface area contributed by atoms with E-state index in [2.05, 4.69) is 0 Å². The van der Waals surface area contributed by atoms with Crippen LogP contribution in [0.4, 0.5) is 0 Å². The van der Waals surface area contributed by atoms with Gasteiger partial charge in [-0.05, 0) is 31.4 Å². The maximum atomic E-state index is 11.9. The van der Waals surface area contributed by atoms with Crippen molar-refractivity contribution in [3.63, 3.8) is 0 Å². The molecule has 0 aliphatic heterocycles. The van der Waals surface area contributed by atoms with Gasteiger partial charge < -0.3 is 4.74 Å². The Balaban J connectivity index is 2.25. The molecule has 1 fully saturated rings. The standard InChI is InChI=1S/C15H18O2/c1-2-17-15-10-6-9-14(16)13(15)11-12-7-4-3-5-8-12/h3-5,7-8,11,15H,2,6,9-10H2,1H3. The molecule has 1 saturated carbocycles. The molecule has 1 aromatic rings. The Morgan fingerprint density at radius 3 is 2.82 bits per heavy atom. The molecule has 0 bridgehead atoms. The number of rotatable bonds is 3. The number of benzene rings is 1. The minimum Gasteiger partial charge on any atom is -0.374 e. The van der Waals surface area contributed by atoms with Gasteiger partial charge in [0.2, 0.25) is 0 Å². The lowest BCUT2D eigenvalue weighted by molar-refractivity contribution is -0.118. The quantitative estimate of drug-likeness (QED) is 0.745. The van der Waals surface area contributed by atoms with Crippen molar-refractivity contribution in [1.82, 2.24) is 0 Å². The molecule has 0 aromatic heterocycles. The van der Waals surface area contributed by atoms with Gasteiger partial charge in [0.25, 0.3) is 0 Å². The molecule has 1 atom stereocenters. The van der Waals surface area contributed by atoms with Gasteiger partial charge in [-0.1, -0.05) is 30.3 Å². The fourth-order valence-corrected chi connectivity index (χ4v) is 2.20. The highest BCUT2D eigenvalue weighted by atomic mass is 16.5. The molecule has 17 heavy (non-hydrogen) atoms. The summed E-state index contributed by atoms with van der Waals surface area (Å²) >= 11 is 0. The van der Waals surface area contributed by atoms with Gasteiger partial charge in [-0.25, -0.2) is 0 Å². The lowest BCUT2D eigenvalue weighted by Gasteiger charge is -2.24. The van der Waals surface area contributed by atoms with Gasteiger partial charge in [0.1, 0.15) is 0 Å². The van der Waals surface area contributed by atoms with E-state index < -0.39 is 0 Å². The molecule has 2 heteroatoms. The molecule has 0 saturated heterocycles. The van der Waals surface area contributed by atoms with E-state index in [0.29, 0.717) is 13.0 Å². The number of ketones is 1. The summed E-state index contributed by atoms with van der Waals surface area (Å²) in [6.07, 6.45) is 4.51. The van der Waals surface area contributed by atoms with Crippen molar-refractivity contribution in [3.05, 3.63) is 41.5 Å². The maximum Gasteiger partial charge on any atom is 0.161 e. The molecule has 0 amide bonds. The Labute approximate surface area is 102 Å². The molecular formula is C15H18O2. The summed E-state index contributed by atoms with van der Waals surface area (Å²) in [5, 5.41) is 0. The fraction of sp³-hybridized carbons (Fsp3) is 0.400. The summed E-state index contributed by atoms with van der Waals surface area (Å²) in [5.74, 6) is 0.235. The van der Waals surface area contributed by atoms with Crippen LogP contribution in [0.1, 0.15) is 31.7 Å². The number of hydrogen-bond donors (Lipinski definition) is 0. The van der Waals surface area contributed by atoms with Crippen molar-refractivity contribution in [2.45, 2.75) is 32.3 Å². The first-order chi connectivity index (χ1) is 8.31. The minimum absolute atomic E-state index is 0.0125. The van der Waals surface area contributed by atoms with Crippen LogP contribution in [0.5, 0.6) is 0 Å². The predicted octanol–water partition coefficient (Wildman–Crippen LogP) is 3.23. The fourth-order valence-electron chi connectivity index (χ4n) is 2.20. The molecule has 2 nitrogen and oxygen atoms in total. The summed E-state index contributed by atoms with van der Waals surface area (Å²) < 4.78 is 5.65. The molecular weight excluding hydrogens is 212 g/mol. The Hall–Kier alpha value is -1.41. The van der Waals surface area contributed by atoms with E-state index in [1.165, 1.54) is 0 Å². The van der Waals surface area contributed by atoms with Crippen LogP contribution in [0.2, 0.25) is 0 Å². The summed E-state index contributed by atoms with van der Waals surface area (Å²) in [4.78, 5) is 11.9. The highest BCUT2D eigenvalue weighted by Crippen LogP contribution is 2.25. The third kappa shape index (κ3) is 3.04. The molecule has 1 unspecified atom stereocenters. The van der Waals surface area contributed by atoms with E-state index in [-0.39, 0.29) is 11.9 Å². The molecule has 0 N–H and O–H groups in total. The lowest BCUT2D eigenvalue weighted by Crippen LogP contribution is -2.26. The maximum absolute atomic E-state index is 11.9. The molecule has 1 aliphatic carbocycles. The van der Waals surface area contributed by atoms with Gasteiger partial charge in [0, 0.05) is 18.6 Å². The first-order valence-corrected chi connectivity index (χ1v) is 6.22. The van der Waals surface area contributed by atoms with Gasteiger partial charge in [-0.3, -0.25) is 4.79 Å². The topological polar surface area (TPSA) is 26.3 Å². The van der Waals surface area contributed by atoms with Gasteiger partial charge in [0.05, 0.1) is 6.10 Å². The molecule has 1 aromatic carbocycles. The molecule has 1 aliphatic rings. The van der Waals surface area contributed by atoms with Crippen LogP contribution in [-0.4, -0.2) is 18.5 Å². The van der Waals surface area contributed by atoms with Crippen molar-refractivity contribution in [2.24, 2.45) is 0 Å². The Morgan fingerprint density at radius 2 is 2.12 bits per heavy atom. The van der Waals surface area contributed by atoms with E-state index >= 15 is 0 Å². The van der Waals surface area contributed by atoms with E-state index in [1.54, 1.807) is 0 Å². The normalized spacial score (nSPS) is 23.0. The number of Topliss-reactive ketones (excluding diaryl/α,β-unsaturated/α-hetero) is 1. The number of carbonyl (C=O) groups is 1. The van der Waals surface area contributed by atoms with Crippen LogP contribution < -0.4 is 0 Å². The predicted molar refractivity (Wildman–Crippen MR) is 68.7 cm³/mol. The zero-order valence-electron chi connectivity index (χ0n) is 10.2. The van der Waals surface area contributed by atoms with Crippen molar-refractivity contribution < 1.29 is 9.53 Å². The average Bonchev–Trinajstić information content (AvgIpc) is 2.35. The molecule has 0 radical (unpaired) electrons. The van der Waals surface area contributed by atoms with E-state index in [1.807, 2.05) is 43.3 Å². The van der Waals surface area contributed by atoms with Crippen LogP contribution in [0.15, 0.2) is 35.9 Å². The molecule has 0 spiro atoms.